The summed E-state index contributed by atoms with van der Waals surface area (Å²) in [6, 6.07) is 10.4. The maximum absolute atomic E-state index is 12.2. The highest BCUT2D eigenvalue weighted by Crippen LogP contribution is 2.21. The van der Waals surface area contributed by atoms with Crippen LogP contribution in [0.3, 0.4) is 0 Å². The van der Waals surface area contributed by atoms with E-state index in [0.29, 0.717) is 5.56 Å². The van der Waals surface area contributed by atoms with Crippen LogP contribution in [0.2, 0.25) is 0 Å². The first-order valence-electron chi connectivity index (χ1n) is 7.00. The van der Waals surface area contributed by atoms with E-state index < -0.39 is 0 Å². The zero-order chi connectivity index (χ0) is 14.8. The van der Waals surface area contributed by atoms with Crippen molar-refractivity contribution >= 4 is 5.91 Å². The van der Waals surface area contributed by atoms with Gasteiger partial charge in [-0.05, 0) is 12.5 Å². The molecule has 1 aliphatic rings. The molecule has 2 atom stereocenters. The first-order valence-corrected chi connectivity index (χ1v) is 7.00. The molecule has 1 aromatic heterocycles. The Balaban J connectivity index is 1.62. The predicted octanol–water partition coefficient (Wildman–Crippen LogP) is 1.02. The Hall–Kier alpha value is -2.18. The van der Waals surface area contributed by atoms with E-state index in [1.165, 1.54) is 5.56 Å². The maximum atomic E-state index is 12.2. The molecule has 3 rings (SSSR count). The zero-order valence-electron chi connectivity index (χ0n) is 12.1. The molecule has 0 bridgehead atoms. The van der Waals surface area contributed by atoms with Gasteiger partial charge in [0, 0.05) is 25.7 Å². The molecule has 3 N–H and O–H groups in total. The summed E-state index contributed by atoms with van der Waals surface area (Å²) < 4.78 is 1.65. The van der Waals surface area contributed by atoms with Gasteiger partial charge in [0.25, 0.3) is 5.91 Å². The molecule has 0 saturated carbocycles. The standard InChI is InChI=1S/C15H19N5O/c1-10-12(9-20(2)19-10)15(21)16-14-8-13(17-18-14)11-6-4-3-5-7-11/h3-7,9,13-14,17-18H,8H2,1-2H3,(H,16,21). The van der Waals surface area contributed by atoms with Crippen LogP contribution in [0.1, 0.15) is 34.1 Å². The molecule has 0 spiro atoms. The van der Waals surface area contributed by atoms with Crippen molar-refractivity contribution in [1.82, 2.24) is 25.9 Å². The van der Waals surface area contributed by atoms with Gasteiger partial charge in [-0.1, -0.05) is 30.3 Å². The third-order valence-corrected chi connectivity index (χ3v) is 3.67. The minimum atomic E-state index is -0.103. The minimum Gasteiger partial charge on any atom is -0.335 e. The van der Waals surface area contributed by atoms with E-state index >= 15 is 0 Å². The number of amides is 1. The Morgan fingerprint density at radius 2 is 2.10 bits per heavy atom. The highest BCUT2D eigenvalue weighted by Gasteiger charge is 2.26. The van der Waals surface area contributed by atoms with Gasteiger partial charge in [0.2, 0.25) is 0 Å². The SMILES string of the molecule is Cc1nn(C)cc1C(=O)NC1CC(c2ccccc2)NN1. The lowest BCUT2D eigenvalue weighted by molar-refractivity contribution is 0.0931. The highest BCUT2D eigenvalue weighted by atomic mass is 16.2. The Labute approximate surface area is 123 Å². The van der Waals surface area contributed by atoms with Crippen molar-refractivity contribution in [1.29, 1.82) is 0 Å². The minimum absolute atomic E-state index is 0.0951. The van der Waals surface area contributed by atoms with Gasteiger partial charge in [-0.2, -0.15) is 5.10 Å². The Bertz CT molecular complexity index is 637. The number of benzene rings is 1. The number of rotatable bonds is 3. The van der Waals surface area contributed by atoms with Crippen LogP contribution in [0.15, 0.2) is 36.5 Å². The number of hydrazine groups is 1. The van der Waals surface area contributed by atoms with Crippen molar-refractivity contribution in [3.63, 3.8) is 0 Å². The average molecular weight is 285 g/mol. The van der Waals surface area contributed by atoms with Crippen LogP contribution in [-0.2, 0) is 7.05 Å². The molecule has 6 heteroatoms. The fourth-order valence-corrected chi connectivity index (χ4v) is 2.61. The molecule has 1 aliphatic heterocycles. The summed E-state index contributed by atoms with van der Waals surface area (Å²) in [5.74, 6) is -0.103. The van der Waals surface area contributed by atoms with Gasteiger partial charge in [-0.15, -0.1) is 0 Å². The molecule has 110 valence electrons. The molecule has 0 radical (unpaired) electrons. The van der Waals surface area contributed by atoms with E-state index in [-0.39, 0.29) is 18.1 Å². The number of nitrogens with zero attached hydrogens (tertiary/aromatic N) is 2. The Morgan fingerprint density at radius 1 is 1.33 bits per heavy atom. The molecule has 1 aromatic carbocycles. The number of nitrogens with one attached hydrogen (secondary N) is 3. The highest BCUT2D eigenvalue weighted by molar-refractivity contribution is 5.95. The van der Waals surface area contributed by atoms with Crippen LogP contribution >= 0.6 is 0 Å². The van der Waals surface area contributed by atoms with E-state index in [9.17, 15) is 4.79 Å². The largest absolute Gasteiger partial charge is 0.335 e. The summed E-state index contributed by atoms with van der Waals surface area (Å²) in [7, 11) is 1.81. The number of hydrogen-bond acceptors (Lipinski definition) is 4. The third-order valence-electron chi connectivity index (χ3n) is 3.67. The van der Waals surface area contributed by atoms with Crippen molar-refractivity contribution in [2.45, 2.75) is 25.6 Å². The van der Waals surface area contributed by atoms with Gasteiger partial charge in [0.15, 0.2) is 0 Å². The van der Waals surface area contributed by atoms with E-state index in [4.69, 9.17) is 0 Å². The van der Waals surface area contributed by atoms with E-state index in [1.54, 1.807) is 10.9 Å². The van der Waals surface area contributed by atoms with Gasteiger partial charge in [0.05, 0.1) is 17.4 Å². The smallest absolute Gasteiger partial charge is 0.256 e. The van der Waals surface area contributed by atoms with Crippen LogP contribution in [0.4, 0.5) is 0 Å². The van der Waals surface area contributed by atoms with Crippen molar-refractivity contribution in [3.8, 4) is 0 Å². The van der Waals surface area contributed by atoms with E-state index in [2.05, 4.69) is 33.4 Å². The van der Waals surface area contributed by atoms with Crippen LogP contribution in [0.5, 0.6) is 0 Å². The van der Waals surface area contributed by atoms with Crippen molar-refractivity contribution in [2.24, 2.45) is 7.05 Å². The van der Waals surface area contributed by atoms with Crippen LogP contribution in [0, 0.1) is 6.92 Å². The Kier molecular flexibility index (Phi) is 3.72. The molecule has 0 aliphatic carbocycles. The molecule has 21 heavy (non-hydrogen) atoms. The number of carbonyl (C=O) groups excluding carboxylic acids is 1. The fraction of sp³-hybridized carbons (Fsp3) is 0.333. The van der Waals surface area contributed by atoms with Gasteiger partial charge >= 0.3 is 0 Å². The molecule has 2 unspecified atom stereocenters. The molecule has 1 saturated heterocycles. The molecule has 2 aromatic rings. The first kappa shape index (κ1) is 13.8. The number of hydrogen-bond donors (Lipinski definition) is 3. The summed E-state index contributed by atoms with van der Waals surface area (Å²) in [5.41, 5.74) is 8.89. The predicted molar refractivity (Wildman–Crippen MR) is 79.3 cm³/mol. The molecule has 2 heterocycles. The maximum Gasteiger partial charge on any atom is 0.256 e. The number of aromatic nitrogens is 2. The van der Waals surface area contributed by atoms with Crippen LogP contribution in [0.25, 0.3) is 0 Å². The third kappa shape index (κ3) is 2.96. The van der Waals surface area contributed by atoms with Gasteiger partial charge in [-0.25, -0.2) is 10.9 Å². The van der Waals surface area contributed by atoms with Crippen LogP contribution < -0.4 is 16.2 Å². The first-order chi connectivity index (χ1) is 10.1. The fourth-order valence-electron chi connectivity index (χ4n) is 2.61. The number of carbonyl (C=O) groups is 1. The van der Waals surface area contributed by atoms with Crippen molar-refractivity contribution < 1.29 is 4.79 Å². The lowest BCUT2D eigenvalue weighted by Gasteiger charge is -2.11. The monoisotopic (exact) mass is 285 g/mol. The molecular formula is C15H19N5O. The second-order valence-corrected chi connectivity index (χ2v) is 5.32. The summed E-state index contributed by atoms with van der Waals surface area (Å²) in [6.45, 7) is 1.84. The van der Waals surface area contributed by atoms with Gasteiger partial charge in [-0.3, -0.25) is 9.48 Å². The average Bonchev–Trinajstić information content (AvgIpc) is 3.06. The summed E-state index contributed by atoms with van der Waals surface area (Å²) in [4.78, 5) is 12.2. The second-order valence-electron chi connectivity index (χ2n) is 5.32. The quantitative estimate of drug-likeness (QED) is 0.787. The lowest BCUT2D eigenvalue weighted by atomic mass is 10.0. The molecule has 6 nitrogen and oxygen atoms in total. The number of aryl methyl sites for hydroxylation is 2. The normalized spacial score (nSPS) is 21.4. The molecule has 1 fully saturated rings. The summed E-state index contributed by atoms with van der Waals surface area (Å²) in [6.07, 6.45) is 2.44. The van der Waals surface area contributed by atoms with E-state index in [0.717, 1.165) is 12.1 Å². The van der Waals surface area contributed by atoms with Crippen LogP contribution in [-0.4, -0.2) is 21.9 Å². The lowest BCUT2D eigenvalue weighted by Crippen LogP contribution is -2.44. The van der Waals surface area contributed by atoms with Crippen molar-refractivity contribution in [3.05, 3.63) is 53.3 Å². The van der Waals surface area contributed by atoms with Gasteiger partial charge < -0.3 is 5.32 Å². The van der Waals surface area contributed by atoms with E-state index in [1.807, 2.05) is 32.2 Å². The Morgan fingerprint density at radius 3 is 2.76 bits per heavy atom. The molecular weight excluding hydrogens is 266 g/mol. The zero-order valence-corrected chi connectivity index (χ0v) is 12.1. The summed E-state index contributed by atoms with van der Waals surface area (Å²) in [5, 5.41) is 7.17. The van der Waals surface area contributed by atoms with Crippen molar-refractivity contribution in [2.75, 3.05) is 0 Å². The summed E-state index contributed by atoms with van der Waals surface area (Å²) >= 11 is 0. The van der Waals surface area contributed by atoms with Gasteiger partial charge in [0.1, 0.15) is 0 Å². The molecule has 1 amide bonds. The topological polar surface area (TPSA) is 71.0 Å². The second kappa shape index (κ2) is 5.67.